The van der Waals surface area contributed by atoms with Crippen LogP contribution in [-0.2, 0) is 10.8 Å². The predicted molar refractivity (Wildman–Crippen MR) is 165 cm³/mol. The Bertz CT molecular complexity index is 1410. The van der Waals surface area contributed by atoms with Gasteiger partial charge in [-0.15, -0.1) is 0 Å². The van der Waals surface area contributed by atoms with Crippen molar-refractivity contribution in [2.75, 3.05) is 0 Å². The second-order valence-corrected chi connectivity index (χ2v) is 12.1. The van der Waals surface area contributed by atoms with Gasteiger partial charge in [-0.25, -0.2) is 0 Å². The van der Waals surface area contributed by atoms with Crippen LogP contribution in [-0.4, -0.2) is 10.2 Å². The number of hydrogen-bond acceptors (Lipinski definition) is 2. The van der Waals surface area contributed by atoms with E-state index in [1.807, 2.05) is 27.7 Å². The Hall–Kier alpha value is -3.52. The zero-order valence-electron chi connectivity index (χ0n) is 25.4. The second-order valence-electron chi connectivity index (χ2n) is 12.1. The lowest BCUT2D eigenvalue weighted by molar-refractivity contribution is 0.465. The first-order valence-corrected chi connectivity index (χ1v) is 14.0. The molecule has 4 aromatic carbocycles. The van der Waals surface area contributed by atoms with E-state index in [1.54, 1.807) is 0 Å². The Kier molecular flexibility index (Phi) is 7.47. The highest BCUT2D eigenvalue weighted by atomic mass is 16.3. The average molecular weight is 521 g/mol. The van der Waals surface area contributed by atoms with E-state index >= 15 is 0 Å². The van der Waals surface area contributed by atoms with Gasteiger partial charge in [0, 0.05) is 10.8 Å². The molecule has 2 N–H and O–H groups in total. The summed E-state index contributed by atoms with van der Waals surface area (Å²) in [5.74, 6) is 0.748. The fourth-order valence-corrected chi connectivity index (χ4v) is 6.25. The minimum atomic E-state index is -0.360. The molecule has 0 aliphatic carbocycles. The van der Waals surface area contributed by atoms with Crippen LogP contribution in [0, 0.1) is 48.5 Å². The Morgan fingerprint density at radius 2 is 0.821 bits per heavy atom. The predicted octanol–water partition coefficient (Wildman–Crippen LogP) is 9.33. The Labute approximate surface area is 235 Å². The van der Waals surface area contributed by atoms with Crippen LogP contribution in [0.4, 0.5) is 0 Å². The molecule has 0 aliphatic heterocycles. The topological polar surface area (TPSA) is 40.5 Å². The maximum Gasteiger partial charge on any atom is 0.121 e. The Balaban J connectivity index is 1.94. The number of hydrogen-bond donors (Lipinski definition) is 2. The minimum Gasteiger partial charge on any atom is -0.507 e. The van der Waals surface area contributed by atoms with Gasteiger partial charge in [-0.2, -0.15) is 0 Å². The van der Waals surface area contributed by atoms with Crippen LogP contribution in [0.3, 0.4) is 0 Å². The van der Waals surface area contributed by atoms with Crippen molar-refractivity contribution in [1.82, 2.24) is 0 Å². The quantitative estimate of drug-likeness (QED) is 0.249. The van der Waals surface area contributed by atoms with Crippen molar-refractivity contribution in [3.05, 3.63) is 127 Å². The molecule has 0 radical (unpaired) electrons. The molecule has 204 valence electrons. The lowest BCUT2D eigenvalue weighted by atomic mass is 9.66. The summed E-state index contributed by atoms with van der Waals surface area (Å²) in [5, 5.41) is 20.9. The van der Waals surface area contributed by atoms with E-state index in [-0.39, 0.29) is 10.8 Å². The average Bonchev–Trinajstić information content (AvgIpc) is 2.89. The van der Waals surface area contributed by atoms with E-state index in [0.717, 1.165) is 28.7 Å². The first kappa shape index (κ1) is 28.5. The van der Waals surface area contributed by atoms with Crippen molar-refractivity contribution >= 4 is 0 Å². The van der Waals surface area contributed by atoms with E-state index in [0.29, 0.717) is 11.5 Å². The summed E-state index contributed by atoms with van der Waals surface area (Å²) in [4.78, 5) is 0. The molecule has 1 atom stereocenters. The van der Waals surface area contributed by atoms with Crippen molar-refractivity contribution < 1.29 is 10.2 Å². The lowest BCUT2D eigenvalue weighted by Gasteiger charge is -2.37. The molecule has 0 amide bonds. The van der Waals surface area contributed by atoms with Gasteiger partial charge in [-0.3, -0.25) is 0 Å². The van der Waals surface area contributed by atoms with Gasteiger partial charge < -0.3 is 10.2 Å². The number of rotatable bonds is 6. The van der Waals surface area contributed by atoms with Crippen LogP contribution in [0.1, 0.15) is 94.0 Å². The molecule has 0 saturated heterocycles. The van der Waals surface area contributed by atoms with Crippen LogP contribution in [0.2, 0.25) is 0 Å². The third-order valence-corrected chi connectivity index (χ3v) is 9.25. The van der Waals surface area contributed by atoms with Crippen molar-refractivity contribution in [2.45, 2.75) is 86.5 Å². The standard InChI is InChI=1S/C37H44O2/c1-11-37(32-16-22(2)28(8)23(3)17-32,33-20-26(6)35(39)27(7)21-33)30-14-12-29(13-15-30)36(9,10)31-18-24(4)34(38)25(5)19-31/h12-21,38-39H,11H2,1-10H3. The van der Waals surface area contributed by atoms with Crippen LogP contribution in [0.15, 0.2) is 60.7 Å². The molecular formula is C37H44O2. The van der Waals surface area contributed by atoms with Crippen LogP contribution in [0.5, 0.6) is 11.5 Å². The second kappa shape index (κ2) is 10.2. The summed E-state index contributed by atoms with van der Waals surface area (Å²) >= 11 is 0. The minimum absolute atomic E-state index is 0.223. The van der Waals surface area contributed by atoms with Gasteiger partial charge in [0.15, 0.2) is 0 Å². The summed E-state index contributed by atoms with van der Waals surface area (Å²) in [6.45, 7) is 21.3. The molecule has 0 fully saturated rings. The Morgan fingerprint density at radius 3 is 1.21 bits per heavy atom. The van der Waals surface area contributed by atoms with Crippen LogP contribution in [0.25, 0.3) is 0 Å². The van der Waals surface area contributed by atoms with Crippen molar-refractivity contribution in [3.8, 4) is 11.5 Å². The first-order valence-electron chi connectivity index (χ1n) is 14.0. The normalized spacial score (nSPS) is 13.4. The molecule has 0 saturated carbocycles. The fourth-order valence-electron chi connectivity index (χ4n) is 6.25. The molecular weight excluding hydrogens is 476 g/mol. The van der Waals surface area contributed by atoms with Gasteiger partial charge in [0.05, 0.1) is 0 Å². The molecule has 2 nitrogen and oxygen atoms in total. The molecule has 0 heterocycles. The Morgan fingerprint density at radius 1 is 0.487 bits per heavy atom. The maximum absolute atomic E-state index is 10.6. The van der Waals surface area contributed by atoms with Gasteiger partial charge in [0.2, 0.25) is 0 Å². The smallest absolute Gasteiger partial charge is 0.121 e. The third kappa shape index (κ3) is 4.75. The zero-order chi connectivity index (χ0) is 28.9. The van der Waals surface area contributed by atoms with E-state index < -0.39 is 0 Å². The molecule has 0 bridgehead atoms. The molecule has 0 aliphatic rings. The number of aryl methyl sites for hydroxylation is 6. The van der Waals surface area contributed by atoms with Crippen LogP contribution < -0.4 is 0 Å². The lowest BCUT2D eigenvalue weighted by Crippen LogP contribution is -2.30. The molecule has 4 rings (SSSR count). The largest absolute Gasteiger partial charge is 0.507 e. The van der Waals surface area contributed by atoms with Crippen molar-refractivity contribution in [1.29, 1.82) is 0 Å². The summed E-state index contributed by atoms with van der Waals surface area (Å²) in [6, 6.07) is 22.4. The number of aromatic hydroxyl groups is 2. The van der Waals surface area contributed by atoms with E-state index in [9.17, 15) is 10.2 Å². The van der Waals surface area contributed by atoms with Gasteiger partial charge in [-0.1, -0.05) is 81.4 Å². The van der Waals surface area contributed by atoms with E-state index in [4.69, 9.17) is 0 Å². The summed E-state index contributed by atoms with van der Waals surface area (Å²) < 4.78 is 0. The monoisotopic (exact) mass is 520 g/mol. The summed E-state index contributed by atoms with van der Waals surface area (Å²) in [6.07, 6.45) is 0.887. The number of phenolic OH excluding ortho intramolecular Hbond substituents is 2. The van der Waals surface area contributed by atoms with Crippen molar-refractivity contribution in [2.24, 2.45) is 0 Å². The fraction of sp³-hybridized carbons (Fsp3) is 0.351. The van der Waals surface area contributed by atoms with E-state index in [1.165, 1.54) is 44.5 Å². The van der Waals surface area contributed by atoms with Crippen LogP contribution >= 0.6 is 0 Å². The zero-order valence-corrected chi connectivity index (χ0v) is 25.4. The van der Waals surface area contributed by atoms with Gasteiger partial charge in [0.25, 0.3) is 0 Å². The highest BCUT2D eigenvalue weighted by molar-refractivity contribution is 5.57. The highest BCUT2D eigenvalue weighted by Crippen LogP contribution is 2.46. The molecule has 0 aromatic heterocycles. The molecule has 2 heteroatoms. The first-order chi connectivity index (χ1) is 18.2. The summed E-state index contributed by atoms with van der Waals surface area (Å²) in [7, 11) is 0. The van der Waals surface area contributed by atoms with Crippen molar-refractivity contribution in [3.63, 3.8) is 0 Å². The SMILES string of the molecule is CCC(c1ccc(C(C)(C)c2cc(C)c(O)c(C)c2)cc1)(c1cc(C)c(C)c(C)c1)c1cc(C)c(O)c(C)c1. The molecule has 4 aromatic rings. The van der Waals surface area contributed by atoms with E-state index in [2.05, 4.69) is 102 Å². The molecule has 0 spiro atoms. The number of phenols is 2. The highest BCUT2D eigenvalue weighted by Gasteiger charge is 2.36. The summed E-state index contributed by atoms with van der Waals surface area (Å²) in [5.41, 5.74) is 13.1. The molecule has 39 heavy (non-hydrogen) atoms. The van der Waals surface area contributed by atoms with Gasteiger partial charge in [-0.05, 0) is 122 Å². The molecule has 1 unspecified atom stereocenters. The van der Waals surface area contributed by atoms with Gasteiger partial charge >= 0.3 is 0 Å². The van der Waals surface area contributed by atoms with Gasteiger partial charge in [0.1, 0.15) is 11.5 Å². The maximum atomic E-state index is 10.6. The number of benzene rings is 4. The third-order valence-electron chi connectivity index (χ3n) is 9.25.